The van der Waals surface area contributed by atoms with Crippen molar-refractivity contribution >= 4 is 67.0 Å². The fourth-order valence-corrected chi connectivity index (χ4v) is 6.09. The maximum absolute atomic E-state index is 11.4. The van der Waals surface area contributed by atoms with E-state index in [-0.39, 0.29) is 11.8 Å². The minimum Gasteiger partial charge on any atom is -0.324 e. The predicted octanol–water partition coefficient (Wildman–Crippen LogP) is 4.66. The van der Waals surface area contributed by atoms with Gasteiger partial charge in [0.15, 0.2) is 0 Å². The van der Waals surface area contributed by atoms with Gasteiger partial charge in [-0.15, -0.1) is 11.6 Å². The fraction of sp³-hybridized carbons (Fsp3) is 1.00. The van der Waals surface area contributed by atoms with Crippen LogP contribution in [0.2, 0.25) is 0 Å². The second kappa shape index (κ2) is 6.11. The lowest BCUT2D eigenvalue weighted by atomic mass is 9.83. The molecule has 0 saturated carbocycles. The third-order valence-electron chi connectivity index (χ3n) is 2.79. The highest BCUT2D eigenvalue weighted by Gasteiger charge is 2.59. The van der Waals surface area contributed by atoms with E-state index in [9.17, 15) is 14.4 Å². The van der Waals surface area contributed by atoms with Crippen LogP contribution in [0.5, 0.6) is 0 Å². The van der Waals surface area contributed by atoms with Crippen molar-refractivity contribution in [2.75, 3.05) is 0 Å². The summed E-state index contributed by atoms with van der Waals surface area (Å²) in [5.41, 5.74) is 0. The van der Waals surface area contributed by atoms with Gasteiger partial charge in [0.1, 0.15) is 8.35 Å². The molecule has 0 heterocycles. The van der Waals surface area contributed by atoms with Gasteiger partial charge in [0.25, 0.3) is 0 Å². The first kappa shape index (κ1) is 18.9. The average molecular weight is 479 g/mol. The molecule has 3 nitrogen and oxygen atoms in total. The first-order valence-corrected chi connectivity index (χ1v) is 9.61. The molecule has 0 aliphatic carbocycles. The van der Waals surface area contributed by atoms with Crippen molar-refractivity contribution in [3.63, 3.8) is 0 Å². The van der Waals surface area contributed by atoms with Gasteiger partial charge in [-0.05, 0) is 11.8 Å². The molecule has 0 amide bonds. The molecule has 0 aromatic rings. The van der Waals surface area contributed by atoms with Crippen LogP contribution >= 0.6 is 67.0 Å². The first-order valence-electron chi connectivity index (χ1n) is 5.05. The Kier molecular flexibility index (Phi) is 6.78. The third kappa shape index (κ3) is 3.71. The molecular formula is C9H17Br3ClO3P. The topological polar surface area (TPSA) is 57.5 Å². The van der Waals surface area contributed by atoms with E-state index >= 15 is 0 Å². The van der Waals surface area contributed by atoms with E-state index in [0.29, 0.717) is 0 Å². The van der Waals surface area contributed by atoms with Crippen LogP contribution in [0.1, 0.15) is 27.7 Å². The van der Waals surface area contributed by atoms with Gasteiger partial charge in [-0.3, -0.25) is 4.57 Å². The molecular weight excluding hydrogens is 462 g/mol. The lowest BCUT2D eigenvalue weighted by molar-refractivity contribution is 0.308. The maximum atomic E-state index is 11.4. The molecule has 0 saturated heterocycles. The van der Waals surface area contributed by atoms with Gasteiger partial charge in [0.2, 0.25) is 0 Å². The lowest BCUT2D eigenvalue weighted by Gasteiger charge is -2.47. The predicted molar refractivity (Wildman–Crippen MR) is 83.6 cm³/mol. The molecule has 104 valence electrons. The highest BCUT2D eigenvalue weighted by Crippen LogP contribution is 2.63. The van der Waals surface area contributed by atoms with Crippen molar-refractivity contribution in [3.05, 3.63) is 0 Å². The van der Waals surface area contributed by atoms with Crippen LogP contribution in [-0.4, -0.2) is 22.5 Å². The molecule has 17 heavy (non-hydrogen) atoms. The quantitative estimate of drug-likeness (QED) is 0.446. The molecule has 0 bridgehead atoms. The number of hydrogen-bond donors (Lipinski definition) is 2. The normalized spacial score (nSPS) is 19.5. The summed E-state index contributed by atoms with van der Waals surface area (Å²) in [6.45, 7) is 7.80. The number of rotatable bonds is 5. The second-order valence-electron chi connectivity index (χ2n) is 4.63. The van der Waals surface area contributed by atoms with E-state index in [1.54, 1.807) is 0 Å². The molecule has 2 unspecified atom stereocenters. The van der Waals surface area contributed by atoms with Crippen LogP contribution in [0.3, 0.4) is 0 Å². The van der Waals surface area contributed by atoms with Crippen LogP contribution in [0.25, 0.3) is 0 Å². The third-order valence-corrected chi connectivity index (χ3v) is 12.3. The zero-order chi connectivity index (χ0) is 14.2. The summed E-state index contributed by atoms with van der Waals surface area (Å²) >= 11 is 16.3. The van der Waals surface area contributed by atoms with Gasteiger partial charge in [-0.1, -0.05) is 75.5 Å². The van der Waals surface area contributed by atoms with Crippen LogP contribution in [0.15, 0.2) is 0 Å². The molecule has 0 aliphatic rings. The Morgan fingerprint density at radius 2 is 1.41 bits per heavy atom. The van der Waals surface area contributed by atoms with E-state index in [1.165, 1.54) is 0 Å². The van der Waals surface area contributed by atoms with Gasteiger partial charge >= 0.3 is 7.60 Å². The molecule has 0 fully saturated rings. The molecule has 0 aromatic heterocycles. The summed E-state index contributed by atoms with van der Waals surface area (Å²) in [7, 11) is -4.35. The van der Waals surface area contributed by atoms with Crippen molar-refractivity contribution in [2.24, 2.45) is 11.8 Å². The number of alkyl halides is 4. The van der Waals surface area contributed by atoms with Gasteiger partial charge in [0.05, 0.1) is 4.32 Å². The van der Waals surface area contributed by atoms with Gasteiger partial charge in [-0.25, -0.2) is 0 Å². The highest BCUT2D eigenvalue weighted by molar-refractivity contribution is 9.15. The molecule has 0 radical (unpaired) electrons. The molecule has 2 atom stereocenters. The number of hydrogen-bond acceptors (Lipinski definition) is 1. The Morgan fingerprint density at radius 3 is 1.59 bits per heavy atom. The Bertz CT molecular complexity index is 309. The minimum absolute atomic E-state index is 0.0750. The summed E-state index contributed by atoms with van der Waals surface area (Å²) in [6.07, 6.45) is 0. The highest BCUT2D eigenvalue weighted by atomic mass is 79.9. The Labute approximate surface area is 133 Å². The van der Waals surface area contributed by atoms with Crippen molar-refractivity contribution in [3.8, 4) is 0 Å². The van der Waals surface area contributed by atoms with Crippen molar-refractivity contribution in [2.45, 2.75) is 40.4 Å². The molecule has 0 aliphatic heterocycles. The summed E-state index contributed by atoms with van der Waals surface area (Å²) in [5, 5.41) is 0. The summed E-state index contributed by atoms with van der Waals surface area (Å²) in [5.74, 6) is 0.150. The Hall–Kier alpha value is 1.88. The summed E-state index contributed by atoms with van der Waals surface area (Å²) < 4.78 is 8.22. The average Bonchev–Trinajstić information content (AvgIpc) is 2.12. The van der Waals surface area contributed by atoms with Crippen LogP contribution in [0.4, 0.5) is 0 Å². The van der Waals surface area contributed by atoms with Crippen molar-refractivity contribution in [1.29, 1.82) is 0 Å². The lowest BCUT2D eigenvalue weighted by Crippen LogP contribution is -2.53. The van der Waals surface area contributed by atoms with Crippen LogP contribution in [-0.2, 0) is 4.57 Å². The van der Waals surface area contributed by atoms with E-state index < -0.39 is 20.3 Å². The summed E-state index contributed by atoms with van der Waals surface area (Å²) in [4.78, 5) is 18.6. The minimum atomic E-state index is -4.35. The zero-order valence-corrected chi connectivity index (χ0v) is 16.4. The molecule has 0 rings (SSSR count). The standard InChI is InChI=1S/C9H17Br3ClO3P/c1-5(2)8(11,6(3)4)9(12,13)7(10)17(14,15)16/h5-7H,1-4H3,(H2,14,15,16). The van der Waals surface area contributed by atoms with E-state index in [0.717, 1.165) is 0 Å². The number of halogens is 4. The Morgan fingerprint density at radius 1 is 1.12 bits per heavy atom. The van der Waals surface area contributed by atoms with Crippen molar-refractivity contribution in [1.82, 2.24) is 0 Å². The fourth-order valence-electron chi connectivity index (χ4n) is 1.83. The molecule has 0 spiro atoms. The van der Waals surface area contributed by atoms with Crippen LogP contribution < -0.4 is 0 Å². The molecule has 2 N–H and O–H groups in total. The second-order valence-corrected chi connectivity index (χ2v) is 11.6. The van der Waals surface area contributed by atoms with Gasteiger partial charge < -0.3 is 9.79 Å². The monoisotopic (exact) mass is 476 g/mol. The SMILES string of the molecule is CC(C)C(Br)(C(C)C)C(Cl)(Br)C(Br)P(=O)(O)O. The van der Waals surface area contributed by atoms with E-state index in [2.05, 4.69) is 47.8 Å². The molecule has 8 heteroatoms. The van der Waals surface area contributed by atoms with Gasteiger partial charge in [0, 0.05) is 0 Å². The zero-order valence-electron chi connectivity index (χ0n) is 9.99. The Balaban J connectivity index is 5.62. The first-order chi connectivity index (χ1) is 7.29. The smallest absolute Gasteiger partial charge is 0.324 e. The maximum Gasteiger partial charge on any atom is 0.341 e. The van der Waals surface area contributed by atoms with Crippen molar-refractivity contribution < 1.29 is 14.4 Å². The largest absolute Gasteiger partial charge is 0.341 e. The van der Waals surface area contributed by atoms with E-state index in [1.807, 2.05) is 27.7 Å². The van der Waals surface area contributed by atoms with Gasteiger partial charge in [-0.2, -0.15) is 0 Å². The summed E-state index contributed by atoms with van der Waals surface area (Å²) in [6, 6.07) is 0. The van der Waals surface area contributed by atoms with E-state index in [4.69, 9.17) is 11.6 Å². The van der Waals surface area contributed by atoms with Crippen LogP contribution in [0, 0.1) is 11.8 Å². The molecule has 0 aromatic carbocycles.